The van der Waals surface area contributed by atoms with Crippen LogP contribution in [-0.2, 0) is 12.8 Å². The van der Waals surface area contributed by atoms with Gasteiger partial charge in [0, 0.05) is 0 Å². The summed E-state index contributed by atoms with van der Waals surface area (Å²) in [5.41, 5.74) is 3.52. The predicted octanol–water partition coefficient (Wildman–Crippen LogP) is 10.2. The third-order valence-corrected chi connectivity index (χ3v) is 7.82. The first-order valence-electron chi connectivity index (χ1n) is 17.1. The standard InChI is InChI=1S/C41H48O6/c1-3-30-44-36-26-18-34(19-27-36)40(42)46-38-22-14-32(15-23-38)12-10-8-6-5-7-9-11-13-33-16-24-39(25-17-33)47-41(43)35-20-28-37(29-21-35)45-31-4-2/h14-29H,3-13,30-31H2,1-2H3. The number of carbonyl (C=O) groups is 2. The van der Waals surface area contributed by atoms with Crippen LogP contribution in [0.2, 0.25) is 0 Å². The molecule has 0 fully saturated rings. The largest absolute Gasteiger partial charge is 0.494 e. The Kier molecular flexibility index (Phi) is 14.9. The van der Waals surface area contributed by atoms with E-state index in [1.807, 2.05) is 48.5 Å². The average molecular weight is 637 g/mol. The van der Waals surface area contributed by atoms with Crippen LogP contribution in [0.3, 0.4) is 0 Å². The molecule has 0 aromatic heterocycles. The van der Waals surface area contributed by atoms with Gasteiger partial charge in [0.1, 0.15) is 23.0 Å². The number of rotatable bonds is 20. The molecule has 6 nitrogen and oxygen atoms in total. The second-order valence-corrected chi connectivity index (χ2v) is 11.8. The summed E-state index contributed by atoms with van der Waals surface area (Å²) in [6.07, 6.45) is 12.4. The summed E-state index contributed by atoms with van der Waals surface area (Å²) in [5.74, 6) is 1.88. The summed E-state index contributed by atoms with van der Waals surface area (Å²) >= 11 is 0. The highest BCUT2D eigenvalue weighted by Crippen LogP contribution is 2.20. The van der Waals surface area contributed by atoms with E-state index in [1.165, 1.54) is 43.2 Å². The lowest BCUT2D eigenvalue weighted by Crippen LogP contribution is -2.08. The Balaban J connectivity index is 1.03. The Hall–Kier alpha value is -4.58. The fourth-order valence-corrected chi connectivity index (χ4v) is 5.14. The molecule has 0 aliphatic heterocycles. The van der Waals surface area contributed by atoms with Crippen LogP contribution in [0.5, 0.6) is 23.0 Å². The molecule has 0 amide bonds. The lowest BCUT2D eigenvalue weighted by atomic mass is 10.0. The molecule has 47 heavy (non-hydrogen) atoms. The number of esters is 2. The summed E-state index contributed by atoms with van der Waals surface area (Å²) in [6, 6.07) is 29.8. The van der Waals surface area contributed by atoms with Crippen LogP contribution in [0.25, 0.3) is 0 Å². The third-order valence-electron chi connectivity index (χ3n) is 7.82. The number of carbonyl (C=O) groups excluding carboxylic acids is 2. The van der Waals surface area contributed by atoms with Crippen molar-refractivity contribution in [3.8, 4) is 23.0 Å². The fourth-order valence-electron chi connectivity index (χ4n) is 5.14. The maximum atomic E-state index is 12.5. The van der Waals surface area contributed by atoms with E-state index >= 15 is 0 Å². The molecule has 0 N–H and O–H groups in total. The number of unbranched alkanes of at least 4 members (excludes halogenated alkanes) is 6. The number of hydrogen-bond donors (Lipinski definition) is 0. The Morgan fingerprint density at radius 3 is 1.09 bits per heavy atom. The molecule has 0 unspecified atom stereocenters. The first-order valence-corrected chi connectivity index (χ1v) is 17.1. The highest BCUT2D eigenvalue weighted by Gasteiger charge is 2.10. The number of ether oxygens (including phenoxy) is 4. The topological polar surface area (TPSA) is 71.1 Å². The molecule has 0 radical (unpaired) electrons. The van der Waals surface area contributed by atoms with Crippen LogP contribution in [0.4, 0.5) is 0 Å². The fraction of sp³-hybridized carbons (Fsp3) is 0.366. The van der Waals surface area contributed by atoms with Crippen LogP contribution in [0.15, 0.2) is 97.1 Å². The molecule has 0 spiro atoms. The first-order chi connectivity index (χ1) is 23.0. The van der Waals surface area contributed by atoms with Crippen molar-refractivity contribution < 1.29 is 28.5 Å². The van der Waals surface area contributed by atoms with Crippen molar-refractivity contribution in [2.24, 2.45) is 0 Å². The van der Waals surface area contributed by atoms with Crippen molar-refractivity contribution >= 4 is 11.9 Å². The maximum absolute atomic E-state index is 12.5. The van der Waals surface area contributed by atoms with Crippen LogP contribution < -0.4 is 18.9 Å². The first kappa shape index (κ1) is 35.3. The third kappa shape index (κ3) is 12.6. The van der Waals surface area contributed by atoms with Gasteiger partial charge in [0.15, 0.2) is 0 Å². The molecule has 6 heteroatoms. The van der Waals surface area contributed by atoms with Gasteiger partial charge in [-0.2, -0.15) is 0 Å². The Bertz CT molecular complexity index is 1360. The Morgan fingerprint density at radius 2 is 0.745 bits per heavy atom. The maximum Gasteiger partial charge on any atom is 0.343 e. The smallest absolute Gasteiger partial charge is 0.343 e. The van der Waals surface area contributed by atoms with E-state index in [9.17, 15) is 9.59 Å². The molecule has 4 aromatic carbocycles. The minimum Gasteiger partial charge on any atom is -0.494 e. The number of aryl methyl sites for hydroxylation is 2. The summed E-state index contributed by atoms with van der Waals surface area (Å²) in [5, 5.41) is 0. The van der Waals surface area contributed by atoms with E-state index < -0.39 is 0 Å². The lowest BCUT2D eigenvalue weighted by Gasteiger charge is -2.08. The molecule has 0 saturated heterocycles. The van der Waals surface area contributed by atoms with Gasteiger partial charge in [-0.05, 0) is 122 Å². The highest BCUT2D eigenvalue weighted by molar-refractivity contribution is 5.91. The van der Waals surface area contributed by atoms with E-state index in [4.69, 9.17) is 18.9 Å². The molecule has 248 valence electrons. The molecule has 0 saturated carbocycles. The monoisotopic (exact) mass is 636 g/mol. The summed E-state index contributed by atoms with van der Waals surface area (Å²) in [4.78, 5) is 24.9. The van der Waals surface area contributed by atoms with Crippen molar-refractivity contribution in [2.75, 3.05) is 13.2 Å². The molecule has 0 bridgehead atoms. The molecular formula is C41H48O6. The summed E-state index contributed by atoms with van der Waals surface area (Å²) in [6.45, 7) is 5.43. The SMILES string of the molecule is CCCOc1ccc(C(=O)Oc2ccc(CCCCCCCCCc3ccc(OC(=O)c4ccc(OCCC)cc4)cc3)cc2)cc1. The van der Waals surface area contributed by atoms with Gasteiger partial charge < -0.3 is 18.9 Å². The van der Waals surface area contributed by atoms with Crippen molar-refractivity contribution in [3.63, 3.8) is 0 Å². The van der Waals surface area contributed by atoms with E-state index in [0.717, 1.165) is 50.0 Å². The van der Waals surface area contributed by atoms with Gasteiger partial charge in [0.2, 0.25) is 0 Å². The summed E-state index contributed by atoms with van der Waals surface area (Å²) < 4.78 is 22.2. The van der Waals surface area contributed by atoms with Crippen LogP contribution >= 0.6 is 0 Å². The van der Waals surface area contributed by atoms with Gasteiger partial charge in [0.25, 0.3) is 0 Å². The molecule has 0 atom stereocenters. The van der Waals surface area contributed by atoms with Crippen LogP contribution in [0.1, 0.15) is 103 Å². The van der Waals surface area contributed by atoms with Gasteiger partial charge in [0.05, 0.1) is 24.3 Å². The minimum atomic E-state index is -0.368. The van der Waals surface area contributed by atoms with E-state index in [0.29, 0.717) is 35.8 Å². The second-order valence-electron chi connectivity index (χ2n) is 11.8. The van der Waals surface area contributed by atoms with Gasteiger partial charge >= 0.3 is 11.9 Å². The molecule has 0 heterocycles. The van der Waals surface area contributed by atoms with Gasteiger partial charge in [-0.25, -0.2) is 9.59 Å². The van der Waals surface area contributed by atoms with Crippen LogP contribution in [-0.4, -0.2) is 25.2 Å². The predicted molar refractivity (Wildman–Crippen MR) is 187 cm³/mol. The zero-order valence-electron chi connectivity index (χ0n) is 27.9. The molecule has 4 aromatic rings. The zero-order valence-corrected chi connectivity index (χ0v) is 27.9. The molecular weight excluding hydrogens is 588 g/mol. The average Bonchev–Trinajstić information content (AvgIpc) is 3.11. The van der Waals surface area contributed by atoms with Gasteiger partial charge in [-0.15, -0.1) is 0 Å². The van der Waals surface area contributed by atoms with Crippen molar-refractivity contribution in [2.45, 2.75) is 84.5 Å². The van der Waals surface area contributed by atoms with Crippen molar-refractivity contribution in [1.29, 1.82) is 0 Å². The van der Waals surface area contributed by atoms with E-state index in [2.05, 4.69) is 13.8 Å². The Morgan fingerprint density at radius 1 is 0.426 bits per heavy atom. The van der Waals surface area contributed by atoms with E-state index in [1.54, 1.807) is 48.5 Å². The normalized spacial score (nSPS) is 10.8. The summed E-state index contributed by atoms with van der Waals surface area (Å²) in [7, 11) is 0. The van der Waals surface area contributed by atoms with Gasteiger partial charge in [-0.1, -0.05) is 70.2 Å². The van der Waals surface area contributed by atoms with Crippen molar-refractivity contribution in [3.05, 3.63) is 119 Å². The highest BCUT2D eigenvalue weighted by atomic mass is 16.5. The minimum absolute atomic E-state index is 0.368. The van der Waals surface area contributed by atoms with Crippen LogP contribution in [0, 0.1) is 0 Å². The molecule has 4 rings (SSSR count). The van der Waals surface area contributed by atoms with Crippen molar-refractivity contribution in [1.82, 2.24) is 0 Å². The Labute approximate surface area is 280 Å². The molecule has 0 aliphatic rings. The zero-order chi connectivity index (χ0) is 33.1. The second kappa shape index (κ2) is 19.8. The molecule has 0 aliphatic carbocycles. The quantitative estimate of drug-likeness (QED) is 0.0546. The van der Waals surface area contributed by atoms with E-state index in [-0.39, 0.29) is 11.9 Å². The lowest BCUT2D eigenvalue weighted by molar-refractivity contribution is 0.0725. The number of hydrogen-bond acceptors (Lipinski definition) is 6. The van der Waals surface area contributed by atoms with Gasteiger partial charge in [-0.3, -0.25) is 0 Å². The number of benzene rings is 4.